The molecule has 0 fully saturated rings. The average Bonchev–Trinajstić information content (AvgIpc) is 3.90. The van der Waals surface area contributed by atoms with E-state index >= 15 is 0 Å². The number of anilines is 3. The minimum Gasteiger partial charge on any atom is -0.456 e. The van der Waals surface area contributed by atoms with Crippen molar-refractivity contribution in [2.45, 2.75) is 5.41 Å². The topological polar surface area (TPSA) is 16.4 Å². The van der Waals surface area contributed by atoms with E-state index in [1.165, 1.54) is 60.5 Å². The number of benzene rings is 11. The van der Waals surface area contributed by atoms with Crippen molar-refractivity contribution in [3.8, 4) is 33.4 Å². The van der Waals surface area contributed by atoms with Crippen molar-refractivity contribution in [3.05, 3.63) is 271 Å². The van der Waals surface area contributed by atoms with Gasteiger partial charge >= 0.3 is 0 Å². The van der Waals surface area contributed by atoms with Gasteiger partial charge in [-0.1, -0.05) is 200 Å². The monoisotopic (exact) mass is 827 g/mol. The Bertz CT molecular complexity index is 3730. The van der Waals surface area contributed by atoms with Crippen LogP contribution in [0.2, 0.25) is 0 Å². The molecule has 2 heteroatoms. The molecule has 12 aromatic rings. The molecule has 0 unspecified atom stereocenters. The lowest BCUT2D eigenvalue weighted by Gasteiger charge is -2.35. The Hall–Kier alpha value is -8.46. The molecule has 304 valence electrons. The van der Waals surface area contributed by atoms with Crippen LogP contribution in [0.4, 0.5) is 17.1 Å². The Kier molecular flexibility index (Phi) is 8.47. The fourth-order valence-electron chi connectivity index (χ4n) is 10.9. The summed E-state index contributed by atoms with van der Waals surface area (Å²) >= 11 is 0. The van der Waals surface area contributed by atoms with Crippen LogP contribution in [-0.4, -0.2) is 0 Å². The zero-order chi connectivity index (χ0) is 42.9. The number of hydrogen-bond donors (Lipinski definition) is 0. The standard InChI is InChI=1S/C63H41NO/c1-4-18-42(19-5-1)50-35-32-44(57-38-43-20-10-11-25-49(43)51-26-12-13-27-52(51)57)39-60(50)64(48-34-37-56-55-29-15-17-31-61(55)65-62(56)41-48)47-33-36-54-53-28-14-16-30-58(53)63(59(54)40-47,45-21-6-2-7-22-45)46-23-8-3-9-24-46/h1-41H. The maximum Gasteiger partial charge on any atom is 0.137 e. The van der Waals surface area contributed by atoms with E-state index in [-0.39, 0.29) is 0 Å². The molecule has 0 saturated heterocycles. The van der Waals surface area contributed by atoms with Crippen LogP contribution in [-0.2, 0) is 5.41 Å². The summed E-state index contributed by atoms with van der Waals surface area (Å²) < 4.78 is 6.65. The molecule has 0 saturated carbocycles. The van der Waals surface area contributed by atoms with Gasteiger partial charge in [0.25, 0.3) is 0 Å². The average molecular weight is 828 g/mol. The lowest BCUT2D eigenvalue weighted by atomic mass is 9.67. The van der Waals surface area contributed by atoms with Gasteiger partial charge in [0.15, 0.2) is 0 Å². The molecule has 0 amide bonds. The second-order valence-corrected chi connectivity index (χ2v) is 17.2. The van der Waals surface area contributed by atoms with Gasteiger partial charge in [0.1, 0.15) is 11.2 Å². The molecule has 0 spiro atoms. The zero-order valence-corrected chi connectivity index (χ0v) is 35.5. The molecule has 0 aliphatic heterocycles. The predicted octanol–water partition coefficient (Wildman–Crippen LogP) is 17.1. The van der Waals surface area contributed by atoms with Gasteiger partial charge in [-0.05, 0) is 114 Å². The van der Waals surface area contributed by atoms with Crippen LogP contribution in [0.25, 0.3) is 76.9 Å². The third-order valence-corrected chi connectivity index (χ3v) is 13.7. The van der Waals surface area contributed by atoms with Crippen molar-refractivity contribution in [2.75, 3.05) is 4.90 Å². The van der Waals surface area contributed by atoms with Gasteiger partial charge in [0.05, 0.1) is 11.1 Å². The lowest BCUT2D eigenvalue weighted by Crippen LogP contribution is -2.28. The van der Waals surface area contributed by atoms with Crippen LogP contribution in [0, 0.1) is 0 Å². The van der Waals surface area contributed by atoms with Crippen molar-refractivity contribution in [2.24, 2.45) is 0 Å². The summed E-state index contributed by atoms with van der Waals surface area (Å²) in [6, 6.07) is 91.0. The number of furan rings is 1. The molecule has 0 atom stereocenters. The van der Waals surface area contributed by atoms with Gasteiger partial charge in [0.2, 0.25) is 0 Å². The highest BCUT2D eigenvalue weighted by Crippen LogP contribution is 2.58. The molecule has 0 bridgehead atoms. The summed E-state index contributed by atoms with van der Waals surface area (Å²) in [5, 5.41) is 7.16. The molecular formula is C63H41NO. The van der Waals surface area contributed by atoms with E-state index in [0.717, 1.165) is 55.7 Å². The fraction of sp³-hybridized carbons (Fsp3) is 0.0159. The number of rotatable bonds is 7. The summed E-state index contributed by atoms with van der Waals surface area (Å²) in [5.74, 6) is 0. The molecule has 1 aliphatic rings. The molecule has 13 rings (SSSR count). The first-order valence-corrected chi connectivity index (χ1v) is 22.4. The Morgan fingerprint density at radius 2 is 0.877 bits per heavy atom. The number of hydrogen-bond acceptors (Lipinski definition) is 2. The molecule has 2 nitrogen and oxygen atoms in total. The Balaban J connectivity index is 1.12. The van der Waals surface area contributed by atoms with Crippen molar-refractivity contribution in [3.63, 3.8) is 0 Å². The maximum absolute atomic E-state index is 6.65. The fourth-order valence-corrected chi connectivity index (χ4v) is 10.9. The second-order valence-electron chi connectivity index (χ2n) is 17.2. The van der Waals surface area contributed by atoms with Crippen LogP contribution in [0.1, 0.15) is 22.3 Å². The van der Waals surface area contributed by atoms with E-state index in [0.29, 0.717) is 0 Å². The largest absolute Gasteiger partial charge is 0.456 e. The predicted molar refractivity (Wildman–Crippen MR) is 272 cm³/mol. The van der Waals surface area contributed by atoms with Crippen molar-refractivity contribution in [1.29, 1.82) is 0 Å². The first-order valence-electron chi connectivity index (χ1n) is 22.4. The Morgan fingerprint density at radius 1 is 0.308 bits per heavy atom. The lowest BCUT2D eigenvalue weighted by molar-refractivity contribution is 0.669. The number of fused-ring (bicyclic) bond motifs is 9. The SMILES string of the molecule is c1ccc(-c2ccc(-c3cc4ccccc4c4ccccc34)cc2N(c2ccc3c(c2)C(c2ccccc2)(c2ccccc2)c2ccccc2-3)c2ccc3c(c2)oc2ccccc23)cc1. The van der Waals surface area contributed by atoms with Gasteiger partial charge in [-0.15, -0.1) is 0 Å². The summed E-state index contributed by atoms with van der Waals surface area (Å²) in [5.41, 5.74) is 16.4. The van der Waals surface area contributed by atoms with Crippen LogP contribution in [0.15, 0.2) is 253 Å². The van der Waals surface area contributed by atoms with E-state index < -0.39 is 5.41 Å². The first kappa shape index (κ1) is 37.1. The summed E-state index contributed by atoms with van der Waals surface area (Å²) in [7, 11) is 0. The maximum atomic E-state index is 6.65. The Morgan fingerprint density at radius 3 is 1.66 bits per heavy atom. The van der Waals surface area contributed by atoms with E-state index in [9.17, 15) is 0 Å². The van der Waals surface area contributed by atoms with E-state index in [1.807, 2.05) is 6.07 Å². The van der Waals surface area contributed by atoms with Crippen LogP contribution in [0.5, 0.6) is 0 Å². The highest BCUT2D eigenvalue weighted by molar-refractivity contribution is 6.14. The molecule has 11 aromatic carbocycles. The smallest absolute Gasteiger partial charge is 0.137 e. The van der Waals surface area contributed by atoms with Crippen molar-refractivity contribution in [1.82, 2.24) is 0 Å². The van der Waals surface area contributed by atoms with Gasteiger partial charge < -0.3 is 9.32 Å². The van der Waals surface area contributed by atoms with Gasteiger partial charge in [-0.3, -0.25) is 0 Å². The highest BCUT2D eigenvalue weighted by atomic mass is 16.3. The normalized spacial score (nSPS) is 12.7. The zero-order valence-electron chi connectivity index (χ0n) is 35.5. The summed E-state index contributed by atoms with van der Waals surface area (Å²) in [4.78, 5) is 2.46. The molecule has 1 aliphatic carbocycles. The second kappa shape index (κ2) is 14.8. The molecule has 1 heterocycles. The van der Waals surface area contributed by atoms with Crippen LogP contribution < -0.4 is 4.90 Å². The summed E-state index contributed by atoms with van der Waals surface area (Å²) in [6.45, 7) is 0. The van der Waals surface area contributed by atoms with Gasteiger partial charge in [-0.25, -0.2) is 0 Å². The molecule has 0 radical (unpaired) electrons. The molecule has 0 N–H and O–H groups in total. The minimum atomic E-state index is -0.563. The molecule has 1 aromatic heterocycles. The summed E-state index contributed by atoms with van der Waals surface area (Å²) in [6.07, 6.45) is 0. The Labute approximate surface area is 377 Å². The quantitative estimate of drug-likeness (QED) is 0.149. The van der Waals surface area contributed by atoms with E-state index in [1.54, 1.807) is 0 Å². The van der Waals surface area contributed by atoms with E-state index in [2.05, 4.69) is 248 Å². The van der Waals surface area contributed by atoms with Gasteiger partial charge in [-0.2, -0.15) is 0 Å². The van der Waals surface area contributed by atoms with Crippen molar-refractivity contribution >= 4 is 60.5 Å². The van der Waals surface area contributed by atoms with Crippen LogP contribution in [0.3, 0.4) is 0 Å². The first-order chi connectivity index (χ1) is 32.2. The number of nitrogens with zero attached hydrogens (tertiary/aromatic N) is 1. The van der Waals surface area contributed by atoms with Gasteiger partial charge in [0, 0.05) is 33.8 Å². The molecular weight excluding hydrogens is 787 g/mol. The molecule has 65 heavy (non-hydrogen) atoms. The number of para-hydroxylation sites is 1. The third-order valence-electron chi connectivity index (χ3n) is 13.7. The minimum absolute atomic E-state index is 0.563. The third kappa shape index (κ3) is 5.74. The van der Waals surface area contributed by atoms with Crippen molar-refractivity contribution < 1.29 is 4.42 Å². The van der Waals surface area contributed by atoms with Crippen LogP contribution >= 0.6 is 0 Å². The highest BCUT2D eigenvalue weighted by Gasteiger charge is 2.46. The van der Waals surface area contributed by atoms with E-state index in [4.69, 9.17) is 4.42 Å².